The summed E-state index contributed by atoms with van der Waals surface area (Å²) in [6.45, 7) is 5.98. The molecule has 0 N–H and O–H groups in total. The van der Waals surface area contributed by atoms with Crippen LogP contribution in [0.4, 0.5) is 0 Å². The number of ether oxygens (including phenoxy) is 3. The summed E-state index contributed by atoms with van der Waals surface area (Å²) in [5, 5.41) is 9.97. The second-order valence-corrected chi connectivity index (χ2v) is 11.7. The largest absolute Gasteiger partial charge is 0.494 e. The second kappa shape index (κ2) is 21.2. The third kappa shape index (κ3) is 12.2. The van der Waals surface area contributed by atoms with Crippen LogP contribution in [0.1, 0.15) is 122 Å². The van der Waals surface area contributed by atoms with Gasteiger partial charge in [-0.15, -0.1) is 0 Å². The normalized spacial score (nSPS) is 10.9. The van der Waals surface area contributed by atoms with Crippen LogP contribution in [0.3, 0.4) is 0 Å². The van der Waals surface area contributed by atoms with E-state index in [0.717, 1.165) is 59.9 Å². The van der Waals surface area contributed by atoms with Gasteiger partial charge in [-0.1, -0.05) is 116 Å². The van der Waals surface area contributed by atoms with Crippen molar-refractivity contribution in [3.8, 4) is 45.8 Å². The predicted octanol–water partition coefficient (Wildman–Crippen LogP) is 11.3. The van der Waals surface area contributed by atoms with E-state index in [9.17, 15) is 5.26 Å². The Hall–Kier alpha value is -3.52. The highest BCUT2D eigenvalue weighted by Gasteiger charge is 2.16. The number of nitrogens with zero attached hydrogens (tertiary/aromatic N) is 2. The van der Waals surface area contributed by atoms with Crippen molar-refractivity contribution in [1.82, 2.24) is 4.98 Å². The molecule has 0 aliphatic heterocycles. The molecule has 0 amide bonds. The van der Waals surface area contributed by atoms with Crippen molar-refractivity contribution in [3.05, 3.63) is 60.2 Å². The zero-order chi connectivity index (χ0) is 31.2. The quantitative estimate of drug-likeness (QED) is 0.102. The average molecular weight is 599 g/mol. The monoisotopic (exact) mass is 598 g/mol. The molecule has 3 rings (SSSR count). The first-order valence-corrected chi connectivity index (χ1v) is 17.2. The number of hydrogen-bond acceptors (Lipinski definition) is 5. The minimum absolute atomic E-state index is 0.324. The first-order chi connectivity index (χ1) is 21.7. The summed E-state index contributed by atoms with van der Waals surface area (Å²) in [5.74, 6) is 2.03. The number of methoxy groups -OCH3 is 1. The minimum Gasteiger partial charge on any atom is -0.494 e. The van der Waals surface area contributed by atoms with Gasteiger partial charge in [0.15, 0.2) is 0 Å². The van der Waals surface area contributed by atoms with Gasteiger partial charge in [-0.3, -0.25) is 0 Å². The molecule has 0 unspecified atom stereocenters. The molecule has 0 saturated carbocycles. The first-order valence-electron chi connectivity index (χ1n) is 17.2. The minimum atomic E-state index is 0.324. The molecular weight excluding hydrogens is 544 g/mol. The van der Waals surface area contributed by atoms with E-state index in [1.54, 1.807) is 7.11 Å². The molecule has 0 spiro atoms. The molecule has 5 nitrogen and oxygen atoms in total. The van der Waals surface area contributed by atoms with Gasteiger partial charge in [0.2, 0.25) is 5.88 Å². The lowest BCUT2D eigenvalue weighted by atomic mass is 9.98. The van der Waals surface area contributed by atoms with E-state index < -0.39 is 0 Å². The first kappa shape index (κ1) is 35.0. The molecule has 1 heterocycles. The van der Waals surface area contributed by atoms with E-state index in [4.69, 9.17) is 14.2 Å². The molecule has 238 valence electrons. The summed E-state index contributed by atoms with van der Waals surface area (Å²) in [6.07, 6.45) is 20.5. The number of nitriles is 1. The molecule has 3 aromatic rings. The van der Waals surface area contributed by atoms with Crippen LogP contribution in [0.2, 0.25) is 0 Å². The average Bonchev–Trinajstić information content (AvgIpc) is 3.06. The predicted molar refractivity (Wildman–Crippen MR) is 183 cm³/mol. The molecule has 0 aliphatic carbocycles. The topological polar surface area (TPSA) is 64.4 Å². The highest BCUT2D eigenvalue weighted by Crippen LogP contribution is 2.34. The van der Waals surface area contributed by atoms with Gasteiger partial charge in [-0.05, 0) is 60.9 Å². The van der Waals surface area contributed by atoms with Gasteiger partial charge in [0, 0.05) is 11.1 Å². The number of aromatic nitrogens is 1. The van der Waals surface area contributed by atoms with Gasteiger partial charge in [0.25, 0.3) is 0 Å². The van der Waals surface area contributed by atoms with Crippen molar-refractivity contribution in [1.29, 1.82) is 5.26 Å². The van der Waals surface area contributed by atoms with Crippen molar-refractivity contribution in [2.45, 2.75) is 117 Å². The van der Waals surface area contributed by atoms with Crippen LogP contribution < -0.4 is 14.2 Å². The summed E-state index contributed by atoms with van der Waals surface area (Å²) in [5.41, 5.74) is 3.83. The van der Waals surface area contributed by atoms with Crippen LogP contribution in [-0.4, -0.2) is 25.3 Å². The lowest BCUT2D eigenvalue weighted by molar-refractivity contribution is 0.304. The summed E-state index contributed by atoms with van der Waals surface area (Å²) < 4.78 is 17.5. The van der Waals surface area contributed by atoms with Crippen molar-refractivity contribution in [2.75, 3.05) is 20.3 Å². The van der Waals surface area contributed by atoms with E-state index >= 15 is 0 Å². The van der Waals surface area contributed by atoms with Gasteiger partial charge in [0.1, 0.15) is 23.1 Å². The molecule has 1 aromatic heterocycles. The SMILES string of the molecule is CCCCCCCCCCOc1ccc(-c2cc(-c3ccc(OCCCCCCCCCC)cc3)c(C#N)c(OC)n2)cc1. The summed E-state index contributed by atoms with van der Waals surface area (Å²) in [4.78, 5) is 4.66. The molecule has 44 heavy (non-hydrogen) atoms. The molecule has 0 saturated heterocycles. The maximum Gasteiger partial charge on any atom is 0.232 e. The summed E-state index contributed by atoms with van der Waals surface area (Å²) in [6, 6.07) is 20.2. The molecular formula is C39H54N2O3. The number of pyridine rings is 1. The molecule has 0 bridgehead atoms. The zero-order valence-corrected chi connectivity index (χ0v) is 27.5. The fraction of sp³-hybridized carbons (Fsp3) is 0.538. The maximum atomic E-state index is 9.97. The van der Waals surface area contributed by atoms with Crippen molar-refractivity contribution < 1.29 is 14.2 Å². The molecule has 0 atom stereocenters. The second-order valence-electron chi connectivity index (χ2n) is 11.7. The summed E-state index contributed by atoms with van der Waals surface area (Å²) in [7, 11) is 1.56. The molecule has 2 aromatic carbocycles. The summed E-state index contributed by atoms with van der Waals surface area (Å²) >= 11 is 0. The third-order valence-electron chi connectivity index (χ3n) is 8.14. The van der Waals surface area contributed by atoms with E-state index in [1.165, 1.54) is 89.9 Å². The zero-order valence-electron chi connectivity index (χ0n) is 27.5. The number of unbranched alkanes of at least 4 members (excludes halogenated alkanes) is 14. The van der Waals surface area contributed by atoms with Crippen LogP contribution in [0.25, 0.3) is 22.4 Å². The Balaban J connectivity index is 1.55. The van der Waals surface area contributed by atoms with Crippen LogP contribution >= 0.6 is 0 Å². The van der Waals surface area contributed by atoms with Crippen molar-refractivity contribution in [2.24, 2.45) is 0 Å². The van der Waals surface area contributed by atoms with Gasteiger partial charge >= 0.3 is 0 Å². The number of hydrogen-bond donors (Lipinski definition) is 0. The standard InChI is InChI=1S/C39H54N2O3/c1-4-6-8-10-12-14-16-18-28-43-34-24-20-32(21-25-34)36-30-38(41-39(42-3)37(36)31-40)33-22-26-35(27-23-33)44-29-19-17-15-13-11-9-7-5-2/h20-27,30H,4-19,28-29H2,1-3H3. The van der Waals surface area contributed by atoms with Crippen molar-refractivity contribution in [3.63, 3.8) is 0 Å². The van der Waals surface area contributed by atoms with Gasteiger partial charge < -0.3 is 14.2 Å². The Labute approximate surface area is 267 Å². The smallest absolute Gasteiger partial charge is 0.232 e. The van der Waals surface area contributed by atoms with Gasteiger partial charge in [0.05, 0.1) is 26.0 Å². The lowest BCUT2D eigenvalue weighted by Crippen LogP contribution is -1.99. The third-order valence-corrected chi connectivity index (χ3v) is 8.14. The van der Waals surface area contributed by atoms with Gasteiger partial charge in [-0.2, -0.15) is 5.26 Å². The fourth-order valence-electron chi connectivity index (χ4n) is 5.46. The Bertz CT molecular complexity index is 1230. The van der Waals surface area contributed by atoms with E-state index in [2.05, 4.69) is 24.9 Å². The highest BCUT2D eigenvalue weighted by molar-refractivity contribution is 5.78. The number of benzene rings is 2. The maximum absolute atomic E-state index is 9.97. The molecule has 0 radical (unpaired) electrons. The number of rotatable bonds is 23. The van der Waals surface area contributed by atoms with Crippen LogP contribution in [-0.2, 0) is 0 Å². The highest BCUT2D eigenvalue weighted by atomic mass is 16.5. The Morgan fingerprint density at radius 1 is 0.591 bits per heavy atom. The van der Waals surface area contributed by atoms with E-state index in [-0.39, 0.29) is 0 Å². The van der Waals surface area contributed by atoms with E-state index in [0.29, 0.717) is 11.4 Å². The Morgan fingerprint density at radius 3 is 1.45 bits per heavy atom. The van der Waals surface area contributed by atoms with Crippen LogP contribution in [0.15, 0.2) is 54.6 Å². The molecule has 5 heteroatoms. The fourth-order valence-corrected chi connectivity index (χ4v) is 5.46. The molecule has 0 aliphatic rings. The van der Waals surface area contributed by atoms with Crippen molar-refractivity contribution >= 4 is 0 Å². The Morgan fingerprint density at radius 2 is 1.02 bits per heavy atom. The molecule has 0 fully saturated rings. The van der Waals surface area contributed by atoms with E-state index in [1.807, 2.05) is 54.6 Å². The van der Waals surface area contributed by atoms with Gasteiger partial charge in [-0.25, -0.2) is 4.98 Å². The lowest BCUT2D eigenvalue weighted by Gasteiger charge is -2.13. The van der Waals surface area contributed by atoms with Crippen LogP contribution in [0, 0.1) is 11.3 Å². The Kier molecular flexibility index (Phi) is 16.9. The van der Waals surface area contributed by atoms with Crippen LogP contribution in [0.5, 0.6) is 17.4 Å².